The van der Waals surface area contributed by atoms with Crippen molar-refractivity contribution in [2.45, 2.75) is 44.7 Å². The third-order valence-corrected chi connectivity index (χ3v) is 2.99. The van der Waals surface area contributed by atoms with Crippen molar-refractivity contribution in [3.63, 3.8) is 0 Å². The molecule has 1 saturated heterocycles. The maximum atomic E-state index is 5.81. The van der Waals surface area contributed by atoms with E-state index in [0.29, 0.717) is 18.0 Å². The van der Waals surface area contributed by atoms with Crippen molar-refractivity contribution < 1.29 is 0 Å². The number of hydrogen-bond acceptors (Lipinski definition) is 2. The molecule has 0 aromatic carbocycles. The topological polar surface area (TPSA) is 53.6 Å². The second-order valence-electron chi connectivity index (χ2n) is 4.80. The predicted octanol–water partition coefficient (Wildman–Crippen LogP) is 0.537. The van der Waals surface area contributed by atoms with E-state index in [1.165, 1.54) is 38.8 Å². The Labute approximate surface area is 91.9 Å². The van der Waals surface area contributed by atoms with E-state index < -0.39 is 0 Å². The Hall–Kier alpha value is -0.770. The number of hydrogen-bond donors (Lipinski definition) is 2. The standard InChI is InChI=1S/C11H22N4/c1-9(8-15-6-2-3-7-15)13-11(12)14-10-4-5-10/h9-10H,2-8H2,1H3,(H3,12,13,14). The molecular weight excluding hydrogens is 188 g/mol. The lowest BCUT2D eigenvalue weighted by Gasteiger charge is -2.21. The molecule has 4 heteroatoms. The summed E-state index contributed by atoms with van der Waals surface area (Å²) in [6.45, 7) is 5.74. The molecule has 1 heterocycles. The number of aliphatic imine (C=N–C) groups is 1. The third kappa shape index (κ3) is 3.70. The number of likely N-dealkylation sites (tertiary alicyclic amines) is 1. The lowest BCUT2D eigenvalue weighted by molar-refractivity contribution is 0.311. The second-order valence-corrected chi connectivity index (χ2v) is 4.80. The summed E-state index contributed by atoms with van der Waals surface area (Å²) in [5.41, 5.74) is 5.81. The van der Waals surface area contributed by atoms with Gasteiger partial charge in [-0.1, -0.05) is 0 Å². The minimum Gasteiger partial charge on any atom is -0.370 e. The molecule has 0 amide bonds. The van der Waals surface area contributed by atoms with Crippen molar-refractivity contribution in [3.05, 3.63) is 0 Å². The summed E-state index contributed by atoms with van der Waals surface area (Å²) in [5, 5.41) is 3.26. The molecular formula is C11H22N4. The van der Waals surface area contributed by atoms with Crippen LogP contribution in [0.5, 0.6) is 0 Å². The maximum absolute atomic E-state index is 5.81. The van der Waals surface area contributed by atoms with Crippen molar-refractivity contribution >= 4 is 5.96 Å². The van der Waals surface area contributed by atoms with Gasteiger partial charge in [0.2, 0.25) is 0 Å². The van der Waals surface area contributed by atoms with Crippen LogP contribution in [-0.2, 0) is 0 Å². The highest BCUT2D eigenvalue weighted by atomic mass is 15.2. The van der Waals surface area contributed by atoms with E-state index in [2.05, 4.69) is 22.1 Å². The van der Waals surface area contributed by atoms with Crippen LogP contribution < -0.4 is 11.1 Å². The fourth-order valence-corrected chi connectivity index (χ4v) is 2.09. The lowest BCUT2D eigenvalue weighted by Crippen LogP contribution is -2.44. The molecule has 1 atom stereocenters. The van der Waals surface area contributed by atoms with E-state index in [1.807, 2.05) is 0 Å². The van der Waals surface area contributed by atoms with Crippen molar-refractivity contribution in [2.24, 2.45) is 10.7 Å². The largest absolute Gasteiger partial charge is 0.370 e. The summed E-state index contributed by atoms with van der Waals surface area (Å²) in [5.74, 6) is 0.629. The van der Waals surface area contributed by atoms with Crippen molar-refractivity contribution in [1.82, 2.24) is 10.2 Å². The van der Waals surface area contributed by atoms with Gasteiger partial charge in [0.15, 0.2) is 5.96 Å². The first kappa shape index (κ1) is 10.7. The van der Waals surface area contributed by atoms with Gasteiger partial charge in [-0.05, 0) is 45.7 Å². The average molecular weight is 210 g/mol. The summed E-state index contributed by atoms with van der Waals surface area (Å²) in [6.07, 6.45) is 5.11. The number of nitrogens with zero attached hydrogens (tertiary/aromatic N) is 2. The Morgan fingerprint density at radius 1 is 1.47 bits per heavy atom. The molecule has 4 nitrogen and oxygen atoms in total. The molecule has 2 fully saturated rings. The van der Waals surface area contributed by atoms with Crippen LogP contribution in [0.15, 0.2) is 4.99 Å². The summed E-state index contributed by atoms with van der Waals surface area (Å²) < 4.78 is 0. The van der Waals surface area contributed by atoms with Crippen molar-refractivity contribution in [1.29, 1.82) is 0 Å². The molecule has 0 aromatic rings. The van der Waals surface area contributed by atoms with Gasteiger partial charge in [0.05, 0.1) is 6.04 Å². The molecule has 0 aromatic heterocycles. The van der Waals surface area contributed by atoms with Crippen molar-refractivity contribution in [2.75, 3.05) is 19.6 Å². The zero-order valence-corrected chi connectivity index (χ0v) is 9.58. The smallest absolute Gasteiger partial charge is 0.189 e. The van der Waals surface area contributed by atoms with Gasteiger partial charge in [-0.15, -0.1) is 0 Å². The normalized spacial score (nSPS) is 25.5. The first-order valence-electron chi connectivity index (χ1n) is 6.06. The molecule has 3 N–H and O–H groups in total. The molecule has 1 aliphatic heterocycles. The molecule has 1 aliphatic carbocycles. The SMILES string of the molecule is CC(CN1CCCC1)NC(N)=NC1CC1. The van der Waals surface area contributed by atoms with Crippen molar-refractivity contribution in [3.8, 4) is 0 Å². The number of guanidine groups is 1. The zero-order chi connectivity index (χ0) is 10.7. The first-order chi connectivity index (χ1) is 7.24. The van der Waals surface area contributed by atoms with Gasteiger partial charge in [0.1, 0.15) is 0 Å². The Morgan fingerprint density at radius 3 is 2.73 bits per heavy atom. The molecule has 0 radical (unpaired) electrons. The van der Waals surface area contributed by atoms with Crippen LogP contribution in [0.1, 0.15) is 32.6 Å². The van der Waals surface area contributed by atoms with E-state index in [4.69, 9.17) is 5.73 Å². The summed E-state index contributed by atoms with van der Waals surface area (Å²) >= 11 is 0. The highest BCUT2D eigenvalue weighted by Gasteiger charge is 2.21. The third-order valence-electron chi connectivity index (χ3n) is 2.99. The zero-order valence-electron chi connectivity index (χ0n) is 9.58. The lowest BCUT2D eigenvalue weighted by atomic mass is 10.3. The van der Waals surface area contributed by atoms with Crippen LogP contribution in [0.4, 0.5) is 0 Å². The van der Waals surface area contributed by atoms with E-state index in [-0.39, 0.29) is 0 Å². The van der Waals surface area contributed by atoms with E-state index in [1.54, 1.807) is 0 Å². The molecule has 15 heavy (non-hydrogen) atoms. The van der Waals surface area contributed by atoms with Crippen LogP contribution in [0.3, 0.4) is 0 Å². The minimum atomic E-state index is 0.408. The Bertz CT molecular complexity index is 229. The van der Waals surface area contributed by atoms with Gasteiger partial charge in [-0.25, -0.2) is 0 Å². The summed E-state index contributed by atoms with van der Waals surface area (Å²) in [7, 11) is 0. The monoisotopic (exact) mass is 210 g/mol. The summed E-state index contributed by atoms with van der Waals surface area (Å²) in [4.78, 5) is 6.86. The van der Waals surface area contributed by atoms with Crippen LogP contribution in [-0.4, -0.2) is 42.6 Å². The Kier molecular flexibility index (Phi) is 3.46. The van der Waals surface area contributed by atoms with Gasteiger partial charge in [-0.2, -0.15) is 0 Å². The average Bonchev–Trinajstić information content (AvgIpc) is 2.80. The van der Waals surface area contributed by atoms with Crippen LogP contribution in [0.25, 0.3) is 0 Å². The molecule has 0 bridgehead atoms. The second kappa shape index (κ2) is 4.84. The van der Waals surface area contributed by atoms with E-state index in [9.17, 15) is 0 Å². The minimum absolute atomic E-state index is 0.408. The highest BCUT2D eigenvalue weighted by molar-refractivity contribution is 5.78. The van der Waals surface area contributed by atoms with Gasteiger partial charge in [0.25, 0.3) is 0 Å². The van der Waals surface area contributed by atoms with E-state index in [0.717, 1.165) is 6.54 Å². The molecule has 86 valence electrons. The quantitative estimate of drug-likeness (QED) is 0.526. The first-order valence-corrected chi connectivity index (χ1v) is 6.06. The summed E-state index contributed by atoms with van der Waals surface area (Å²) in [6, 6.07) is 0.919. The van der Waals surface area contributed by atoms with Gasteiger partial charge in [-0.3, -0.25) is 4.99 Å². The Morgan fingerprint density at radius 2 is 2.13 bits per heavy atom. The predicted molar refractivity (Wildman–Crippen MR) is 62.9 cm³/mol. The molecule has 1 saturated carbocycles. The van der Waals surface area contributed by atoms with E-state index >= 15 is 0 Å². The van der Waals surface area contributed by atoms with Crippen LogP contribution >= 0.6 is 0 Å². The highest BCUT2D eigenvalue weighted by Crippen LogP contribution is 2.22. The Balaban J connectivity index is 1.68. The van der Waals surface area contributed by atoms with Crippen LogP contribution in [0.2, 0.25) is 0 Å². The van der Waals surface area contributed by atoms with Crippen LogP contribution in [0, 0.1) is 0 Å². The molecule has 1 unspecified atom stereocenters. The van der Waals surface area contributed by atoms with Gasteiger partial charge in [0, 0.05) is 12.6 Å². The molecule has 0 spiro atoms. The maximum Gasteiger partial charge on any atom is 0.189 e. The fourth-order valence-electron chi connectivity index (χ4n) is 2.09. The molecule has 2 rings (SSSR count). The van der Waals surface area contributed by atoms with Gasteiger partial charge >= 0.3 is 0 Å². The van der Waals surface area contributed by atoms with Gasteiger partial charge < -0.3 is 16.0 Å². The fraction of sp³-hybridized carbons (Fsp3) is 0.909. The number of rotatable bonds is 4. The number of nitrogens with two attached hydrogens (primary N) is 1. The number of nitrogens with one attached hydrogen (secondary N) is 1. The molecule has 2 aliphatic rings.